The Bertz CT molecular complexity index is 583. The second-order valence-corrected chi connectivity index (χ2v) is 5.98. The van der Waals surface area contributed by atoms with Crippen molar-refractivity contribution in [3.63, 3.8) is 0 Å². The van der Waals surface area contributed by atoms with E-state index < -0.39 is 11.2 Å². The fourth-order valence-corrected chi connectivity index (χ4v) is 2.99. The molecule has 1 atom stereocenters. The SMILES string of the molecule is CC(C)c1c(Cl)[nH]c(=O)n(C2(C)CCCOC2)c1=O. The fraction of sp³-hybridized carbons (Fsp3) is 0.692. The number of ether oxygens (including phenoxy) is 1. The lowest BCUT2D eigenvalue weighted by molar-refractivity contribution is 0.00547. The van der Waals surface area contributed by atoms with Crippen molar-refractivity contribution in [2.45, 2.75) is 45.1 Å². The van der Waals surface area contributed by atoms with Crippen molar-refractivity contribution < 1.29 is 4.74 Å². The van der Waals surface area contributed by atoms with Gasteiger partial charge in [0.2, 0.25) is 0 Å². The van der Waals surface area contributed by atoms with Crippen LogP contribution in [0.1, 0.15) is 45.1 Å². The Balaban J connectivity index is 2.67. The number of hydrogen-bond donors (Lipinski definition) is 1. The van der Waals surface area contributed by atoms with E-state index in [0.717, 1.165) is 12.8 Å². The quantitative estimate of drug-likeness (QED) is 0.844. The number of aromatic nitrogens is 2. The molecule has 19 heavy (non-hydrogen) atoms. The maximum atomic E-state index is 12.6. The monoisotopic (exact) mass is 286 g/mol. The first-order chi connectivity index (χ1) is 8.87. The zero-order valence-electron chi connectivity index (χ0n) is 11.5. The summed E-state index contributed by atoms with van der Waals surface area (Å²) in [5.41, 5.74) is -0.922. The van der Waals surface area contributed by atoms with Crippen LogP contribution in [0.5, 0.6) is 0 Å². The molecule has 1 N–H and O–H groups in total. The summed E-state index contributed by atoms with van der Waals surface area (Å²) in [5.74, 6) is -0.0452. The first-order valence-corrected chi connectivity index (χ1v) is 6.87. The zero-order chi connectivity index (χ0) is 14.2. The summed E-state index contributed by atoms with van der Waals surface area (Å²) in [6.07, 6.45) is 1.58. The number of nitrogens with one attached hydrogen (secondary N) is 1. The molecule has 1 aromatic rings. The normalized spacial score (nSPS) is 23.8. The van der Waals surface area contributed by atoms with E-state index in [-0.39, 0.29) is 16.6 Å². The highest BCUT2D eigenvalue weighted by molar-refractivity contribution is 6.30. The Labute approximate surface area is 116 Å². The van der Waals surface area contributed by atoms with Gasteiger partial charge in [-0.1, -0.05) is 25.4 Å². The van der Waals surface area contributed by atoms with Gasteiger partial charge in [-0.05, 0) is 25.7 Å². The number of aromatic amines is 1. The average molecular weight is 287 g/mol. The molecule has 0 amide bonds. The van der Waals surface area contributed by atoms with Crippen LogP contribution in [0.4, 0.5) is 0 Å². The minimum absolute atomic E-state index is 0.0452. The molecular weight excluding hydrogens is 268 g/mol. The average Bonchev–Trinajstić information content (AvgIpc) is 2.27. The van der Waals surface area contributed by atoms with E-state index >= 15 is 0 Å². The maximum absolute atomic E-state index is 12.6. The molecule has 1 unspecified atom stereocenters. The molecule has 0 radical (unpaired) electrons. The fourth-order valence-electron chi connectivity index (χ4n) is 2.61. The van der Waals surface area contributed by atoms with Crippen LogP contribution in [-0.4, -0.2) is 22.8 Å². The van der Waals surface area contributed by atoms with E-state index in [1.807, 2.05) is 20.8 Å². The molecule has 1 saturated heterocycles. The van der Waals surface area contributed by atoms with Gasteiger partial charge in [0.1, 0.15) is 5.15 Å². The summed E-state index contributed by atoms with van der Waals surface area (Å²) in [6.45, 7) is 6.68. The Hall–Kier alpha value is -1.07. The number of H-pyrrole nitrogens is 1. The van der Waals surface area contributed by atoms with Gasteiger partial charge in [-0.15, -0.1) is 0 Å². The third kappa shape index (κ3) is 2.49. The molecule has 0 saturated carbocycles. The largest absolute Gasteiger partial charge is 0.379 e. The van der Waals surface area contributed by atoms with Gasteiger partial charge in [0.15, 0.2) is 0 Å². The van der Waals surface area contributed by atoms with Crippen LogP contribution in [0, 0.1) is 0 Å². The number of rotatable bonds is 2. The first kappa shape index (κ1) is 14.3. The molecule has 1 aromatic heterocycles. The van der Waals surface area contributed by atoms with Crippen molar-refractivity contribution in [3.05, 3.63) is 31.6 Å². The highest BCUT2D eigenvalue weighted by atomic mass is 35.5. The van der Waals surface area contributed by atoms with Crippen LogP contribution >= 0.6 is 11.6 Å². The van der Waals surface area contributed by atoms with Gasteiger partial charge in [0.05, 0.1) is 17.7 Å². The van der Waals surface area contributed by atoms with E-state index in [2.05, 4.69) is 4.98 Å². The highest BCUT2D eigenvalue weighted by Crippen LogP contribution is 2.25. The van der Waals surface area contributed by atoms with Crippen molar-refractivity contribution in [2.24, 2.45) is 0 Å². The van der Waals surface area contributed by atoms with Crippen LogP contribution in [0.3, 0.4) is 0 Å². The molecular formula is C13H19ClN2O3. The van der Waals surface area contributed by atoms with E-state index in [1.165, 1.54) is 4.57 Å². The van der Waals surface area contributed by atoms with E-state index in [1.54, 1.807) is 0 Å². The second-order valence-electron chi connectivity index (χ2n) is 5.61. The minimum Gasteiger partial charge on any atom is -0.379 e. The molecule has 0 aromatic carbocycles. The molecule has 1 aliphatic rings. The first-order valence-electron chi connectivity index (χ1n) is 6.50. The molecule has 0 spiro atoms. The van der Waals surface area contributed by atoms with Gasteiger partial charge in [-0.3, -0.25) is 14.3 Å². The van der Waals surface area contributed by atoms with Gasteiger partial charge in [0, 0.05) is 6.61 Å². The molecule has 6 heteroatoms. The van der Waals surface area contributed by atoms with Crippen LogP contribution in [0.15, 0.2) is 9.59 Å². The molecule has 0 aliphatic carbocycles. The Morgan fingerprint density at radius 2 is 2.11 bits per heavy atom. The smallest absolute Gasteiger partial charge is 0.330 e. The lowest BCUT2D eigenvalue weighted by Crippen LogP contribution is -2.52. The van der Waals surface area contributed by atoms with Crippen molar-refractivity contribution in [2.75, 3.05) is 13.2 Å². The second kappa shape index (κ2) is 5.13. The van der Waals surface area contributed by atoms with E-state index in [4.69, 9.17) is 16.3 Å². The molecule has 5 nitrogen and oxygen atoms in total. The zero-order valence-corrected chi connectivity index (χ0v) is 12.2. The summed E-state index contributed by atoms with van der Waals surface area (Å²) in [7, 11) is 0. The summed E-state index contributed by atoms with van der Waals surface area (Å²) < 4.78 is 6.71. The standard InChI is InChI=1S/C13H19ClN2O3/c1-8(2)9-10(14)15-12(18)16(11(9)17)13(3)5-4-6-19-7-13/h8H,4-7H2,1-3H3,(H,15,18). The van der Waals surface area contributed by atoms with Crippen LogP contribution in [0.25, 0.3) is 0 Å². The third-order valence-corrected chi connectivity index (χ3v) is 3.92. The van der Waals surface area contributed by atoms with Gasteiger partial charge >= 0.3 is 5.69 Å². The Morgan fingerprint density at radius 3 is 2.63 bits per heavy atom. The predicted octanol–water partition coefficient (Wildman–Crippen LogP) is 1.84. The van der Waals surface area contributed by atoms with Gasteiger partial charge in [0.25, 0.3) is 5.56 Å². The van der Waals surface area contributed by atoms with Crippen LogP contribution < -0.4 is 11.2 Å². The van der Waals surface area contributed by atoms with E-state index in [0.29, 0.717) is 18.8 Å². The van der Waals surface area contributed by atoms with Gasteiger partial charge in [-0.25, -0.2) is 4.79 Å². The lowest BCUT2D eigenvalue weighted by atomic mass is 9.94. The summed E-state index contributed by atoms with van der Waals surface area (Å²) >= 11 is 5.99. The molecule has 1 aliphatic heterocycles. The minimum atomic E-state index is -0.600. The third-order valence-electron chi connectivity index (χ3n) is 3.62. The molecule has 2 heterocycles. The lowest BCUT2D eigenvalue weighted by Gasteiger charge is -2.34. The van der Waals surface area contributed by atoms with Crippen LogP contribution in [-0.2, 0) is 10.3 Å². The van der Waals surface area contributed by atoms with E-state index in [9.17, 15) is 9.59 Å². The molecule has 1 fully saturated rings. The molecule has 106 valence electrons. The maximum Gasteiger partial charge on any atom is 0.330 e. The molecule has 2 rings (SSSR count). The topological polar surface area (TPSA) is 64.1 Å². The van der Waals surface area contributed by atoms with Crippen molar-refractivity contribution in [1.82, 2.24) is 9.55 Å². The molecule has 0 bridgehead atoms. The summed E-state index contributed by atoms with van der Waals surface area (Å²) in [4.78, 5) is 27.2. The predicted molar refractivity (Wildman–Crippen MR) is 74.1 cm³/mol. The highest BCUT2D eigenvalue weighted by Gasteiger charge is 2.34. The number of halogens is 1. The Kier molecular flexibility index (Phi) is 3.87. The van der Waals surface area contributed by atoms with Crippen molar-refractivity contribution >= 4 is 11.6 Å². The van der Waals surface area contributed by atoms with Crippen LogP contribution in [0.2, 0.25) is 5.15 Å². The number of hydrogen-bond acceptors (Lipinski definition) is 3. The van der Waals surface area contributed by atoms with Gasteiger partial charge < -0.3 is 4.74 Å². The van der Waals surface area contributed by atoms with Gasteiger partial charge in [-0.2, -0.15) is 0 Å². The van der Waals surface area contributed by atoms with Crippen molar-refractivity contribution in [3.8, 4) is 0 Å². The summed E-state index contributed by atoms with van der Waals surface area (Å²) in [5, 5.41) is 0.140. The number of nitrogens with zero attached hydrogens (tertiary/aromatic N) is 1. The Morgan fingerprint density at radius 1 is 1.42 bits per heavy atom. The summed E-state index contributed by atoms with van der Waals surface area (Å²) in [6, 6.07) is 0. The van der Waals surface area contributed by atoms with Crippen molar-refractivity contribution in [1.29, 1.82) is 0 Å².